The Morgan fingerprint density at radius 1 is 1.21 bits per heavy atom. The van der Waals surface area contributed by atoms with Crippen molar-refractivity contribution >= 4 is 0 Å². The smallest absolute Gasteiger partial charge is 0.00599 e. The summed E-state index contributed by atoms with van der Waals surface area (Å²) >= 11 is 0. The summed E-state index contributed by atoms with van der Waals surface area (Å²) in [7, 11) is 0. The molecule has 2 nitrogen and oxygen atoms in total. The van der Waals surface area contributed by atoms with Gasteiger partial charge in [-0.2, -0.15) is 0 Å². The minimum absolute atomic E-state index is 0.568. The zero-order chi connectivity index (χ0) is 10.2. The van der Waals surface area contributed by atoms with Gasteiger partial charge in [0.2, 0.25) is 0 Å². The molecular formula is C12H24N2. The topological polar surface area (TPSA) is 15.3 Å². The highest BCUT2D eigenvalue weighted by molar-refractivity contribution is 4.94. The standard InChI is InChI=1S/C12H24N2/c1-4-11(2)5-6-14(9-11)10-12(3)7-13-8-12/h13H,4-10H2,1-3H3. The third-order valence-electron chi connectivity index (χ3n) is 4.20. The fourth-order valence-electron chi connectivity index (χ4n) is 2.75. The molecule has 0 spiro atoms. The van der Waals surface area contributed by atoms with Crippen LogP contribution in [0.3, 0.4) is 0 Å². The van der Waals surface area contributed by atoms with Crippen LogP contribution >= 0.6 is 0 Å². The number of nitrogens with zero attached hydrogens (tertiary/aromatic N) is 1. The van der Waals surface area contributed by atoms with Crippen LogP contribution in [-0.2, 0) is 0 Å². The third-order valence-corrected chi connectivity index (χ3v) is 4.20. The summed E-state index contributed by atoms with van der Waals surface area (Å²) in [6.45, 7) is 13.5. The molecule has 0 aromatic carbocycles. The summed E-state index contributed by atoms with van der Waals surface area (Å²) < 4.78 is 0. The van der Waals surface area contributed by atoms with Crippen LogP contribution in [0.15, 0.2) is 0 Å². The average Bonchev–Trinajstić information content (AvgIpc) is 2.46. The molecule has 14 heavy (non-hydrogen) atoms. The van der Waals surface area contributed by atoms with Crippen LogP contribution in [0.25, 0.3) is 0 Å². The van der Waals surface area contributed by atoms with Crippen molar-refractivity contribution < 1.29 is 0 Å². The average molecular weight is 196 g/mol. The van der Waals surface area contributed by atoms with E-state index in [1.807, 2.05) is 0 Å². The Balaban J connectivity index is 1.84. The summed E-state index contributed by atoms with van der Waals surface area (Å²) in [4.78, 5) is 2.67. The Kier molecular flexibility index (Phi) is 2.61. The first kappa shape index (κ1) is 10.4. The maximum atomic E-state index is 3.38. The van der Waals surface area contributed by atoms with Crippen molar-refractivity contribution in [1.82, 2.24) is 10.2 Å². The second-order valence-corrected chi connectivity index (χ2v) is 6.04. The Morgan fingerprint density at radius 3 is 2.36 bits per heavy atom. The minimum Gasteiger partial charge on any atom is -0.315 e. The fraction of sp³-hybridized carbons (Fsp3) is 1.00. The molecule has 1 atom stereocenters. The molecule has 2 heterocycles. The highest BCUT2D eigenvalue weighted by Gasteiger charge is 2.38. The van der Waals surface area contributed by atoms with Gasteiger partial charge in [0.1, 0.15) is 0 Å². The summed E-state index contributed by atoms with van der Waals surface area (Å²) in [6.07, 6.45) is 2.73. The summed E-state index contributed by atoms with van der Waals surface area (Å²) in [6, 6.07) is 0. The van der Waals surface area contributed by atoms with E-state index in [4.69, 9.17) is 0 Å². The maximum Gasteiger partial charge on any atom is 0.00599 e. The molecule has 2 heteroatoms. The van der Waals surface area contributed by atoms with E-state index in [9.17, 15) is 0 Å². The van der Waals surface area contributed by atoms with Gasteiger partial charge in [0.25, 0.3) is 0 Å². The number of likely N-dealkylation sites (tertiary alicyclic amines) is 1. The summed E-state index contributed by atoms with van der Waals surface area (Å²) in [5.74, 6) is 0. The molecule has 2 fully saturated rings. The fourth-order valence-corrected chi connectivity index (χ4v) is 2.75. The highest BCUT2D eigenvalue weighted by atomic mass is 15.2. The van der Waals surface area contributed by atoms with Gasteiger partial charge in [-0.25, -0.2) is 0 Å². The van der Waals surface area contributed by atoms with E-state index >= 15 is 0 Å². The number of hydrogen-bond donors (Lipinski definition) is 1. The number of hydrogen-bond acceptors (Lipinski definition) is 2. The van der Waals surface area contributed by atoms with Gasteiger partial charge >= 0.3 is 0 Å². The van der Waals surface area contributed by atoms with Crippen molar-refractivity contribution in [2.75, 3.05) is 32.7 Å². The number of nitrogens with one attached hydrogen (secondary N) is 1. The Labute approximate surface area is 88.1 Å². The molecule has 82 valence electrons. The SMILES string of the molecule is CCC1(C)CCN(CC2(C)CNC2)C1. The lowest BCUT2D eigenvalue weighted by molar-refractivity contribution is 0.116. The van der Waals surface area contributed by atoms with E-state index < -0.39 is 0 Å². The first-order chi connectivity index (χ1) is 6.55. The Hall–Kier alpha value is -0.0800. The van der Waals surface area contributed by atoms with E-state index in [2.05, 4.69) is 31.0 Å². The van der Waals surface area contributed by atoms with Gasteiger partial charge < -0.3 is 10.2 Å². The van der Waals surface area contributed by atoms with Crippen molar-refractivity contribution in [1.29, 1.82) is 0 Å². The Bertz CT molecular complexity index is 210. The summed E-state index contributed by atoms with van der Waals surface area (Å²) in [5, 5.41) is 3.38. The largest absolute Gasteiger partial charge is 0.315 e. The molecule has 2 aliphatic rings. The van der Waals surface area contributed by atoms with Crippen LogP contribution in [0.2, 0.25) is 0 Å². The lowest BCUT2D eigenvalue weighted by atomic mass is 9.83. The first-order valence-electron chi connectivity index (χ1n) is 5.98. The predicted octanol–water partition coefficient (Wildman–Crippen LogP) is 1.72. The molecule has 0 aromatic rings. The normalized spacial score (nSPS) is 37.1. The van der Waals surface area contributed by atoms with Crippen LogP contribution in [0, 0.1) is 10.8 Å². The molecule has 0 amide bonds. The molecule has 0 saturated carbocycles. The van der Waals surface area contributed by atoms with Crippen LogP contribution in [-0.4, -0.2) is 37.6 Å². The van der Waals surface area contributed by atoms with Gasteiger partial charge in [-0.3, -0.25) is 0 Å². The molecule has 1 unspecified atom stereocenters. The quantitative estimate of drug-likeness (QED) is 0.739. The molecular weight excluding hydrogens is 172 g/mol. The lowest BCUT2D eigenvalue weighted by Gasteiger charge is -2.42. The van der Waals surface area contributed by atoms with Crippen molar-refractivity contribution in [3.8, 4) is 0 Å². The molecule has 0 bridgehead atoms. The molecule has 0 aliphatic carbocycles. The van der Waals surface area contributed by atoms with Crippen LogP contribution in [0.1, 0.15) is 33.6 Å². The van der Waals surface area contributed by atoms with E-state index in [-0.39, 0.29) is 0 Å². The molecule has 2 rings (SSSR count). The predicted molar refractivity (Wildman–Crippen MR) is 60.4 cm³/mol. The second kappa shape index (κ2) is 3.49. The van der Waals surface area contributed by atoms with Crippen LogP contribution in [0.4, 0.5) is 0 Å². The summed E-state index contributed by atoms with van der Waals surface area (Å²) in [5.41, 5.74) is 1.17. The van der Waals surface area contributed by atoms with Gasteiger partial charge in [-0.1, -0.05) is 20.8 Å². The maximum absolute atomic E-state index is 3.38. The highest BCUT2D eigenvalue weighted by Crippen LogP contribution is 2.35. The van der Waals surface area contributed by atoms with Crippen molar-refractivity contribution in [3.63, 3.8) is 0 Å². The van der Waals surface area contributed by atoms with Crippen molar-refractivity contribution in [3.05, 3.63) is 0 Å². The van der Waals surface area contributed by atoms with Gasteiger partial charge in [-0.05, 0) is 24.8 Å². The van der Waals surface area contributed by atoms with Gasteiger partial charge in [-0.15, -0.1) is 0 Å². The molecule has 0 radical (unpaired) electrons. The second-order valence-electron chi connectivity index (χ2n) is 6.04. The molecule has 2 aliphatic heterocycles. The van der Waals surface area contributed by atoms with Crippen LogP contribution in [0.5, 0.6) is 0 Å². The van der Waals surface area contributed by atoms with Gasteiger partial charge in [0.05, 0.1) is 0 Å². The Morgan fingerprint density at radius 2 is 1.93 bits per heavy atom. The zero-order valence-electron chi connectivity index (χ0n) is 9.90. The zero-order valence-corrected chi connectivity index (χ0v) is 9.90. The van der Waals surface area contributed by atoms with Crippen molar-refractivity contribution in [2.24, 2.45) is 10.8 Å². The molecule has 1 N–H and O–H groups in total. The van der Waals surface area contributed by atoms with E-state index in [1.54, 1.807) is 0 Å². The third kappa shape index (κ3) is 1.96. The lowest BCUT2D eigenvalue weighted by Crippen LogP contribution is -2.56. The van der Waals surface area contributed by atoms with Gasteiger partial charge in [0.15, 0.2) is 0 Å². The van der Waals surface area contributed by atoms with E-state index in [0.29, 0.717) is 10.8 Å². The van der Waals surface area contributed by atoms with E-state index in [1.165, 1.54) is 45.6 Å². The molecule has 0 aromatic heterocycles. The van der Waals surface area contributed by atoms with Gasteiger partial charge in [0, 0.05) is 31.6 Å². The van der Waals surface area contributed by atoms with Crippen LogP contribution < -0.4 is 5.32 Å². The number of rotatable bonds is 3. The molecule has 2 saturated heterocycles. The minimum atomic E-state index is 0.568. The van der Waals surface area contributed by atoms with Crippen molar-refractivity contribution in [2.45, 2.75) is 33.6 Å². The first-order valence-corrected chi connectivity index (χ1v) is 5.98. The van der Waals surface area contributed by atoms with E-state index in [0.717, 1.165) is 0 Å². The monoisotopic (exact) mass is 196 g/mol.